The van der Waals surface area contributed by atoms with E-state index in [1.807, 2.05) is 0 Å². The van der Waals surface area contributed by atoms with E-state index in [1.54, 1.807) is 13.0 Å². The zero-order chi connectivity index (χ0) is 15.5. The summed E-state index contributed by atoms with van der Waals surface area (Å²) in [5.41, 5.74) is 1.03. The minimum atomic E-state index is -0.432. The van der Waals surface area contributed by atoms with Crippen molar-refractivity contribution in [1.82, 2.24) is 5.32 Å². The van der Waals surface area contributed by atoms with Crippen LogP contribution in [0.2, 0.25) is 0 Å². The standard InChI is InChI=1S/C15H21N3O3/c1-3-6-15(7-8-16-10-15)14(19)17-13-5-4-12(18(20)21)9-11(13)2/h4-5,9,16H,3,6-8,10H2,1-2H3,(H,17,19). The molecule has 1 aliphatic rings. The molecule has 1 aromatic rings. The van der Waals surface area contributed by atoms with E-state index in [0.717, 1.165) is 25.8 Å². The number of benzene rings is 1. The monoisotopic (exact) mass is 291 g/mol. The Morgan fingerprint density at radius 3 is 2.81 bits per heavy atom. The van der Waals surface area contributed by atoms with Gasteiger partial charge in [-0.1, -0.05) is 13.3 Å². The molecule has 1 fully saturated rings. The van der Waals surface area contributed by atoms with Gasteiger partial charge in [0.2, 0.25) is 5.91 Å². The van der Waals surface area contributed by atoms with Gasteiger partial charge in [0.05, 0.1) is 10.3 Å². The number of non-ortho nitro benzene ring substituents is 1. The molecule has 2 rings (SSSR count). The molecule has 1 atom stereocenters. The predicted molar refractivity (Wildman–Crippen MR) is 81.3 cm³/mol. The summed E-state index contributed by atoms with van der Waals surface area (Å²) in [5, 5.41) is 16.9. The highest BCUT2D eigenvalue weighted by molar-refractivity contribution is 5.96. The maximum atomic E-state index is 12.6. The summed E-state index contributed by atoms with van der Waals surface area (Å²) >= 11 is 0. The van der Waals surface area contributed by atoms with E-state index in [9.17, 15) is 14.9 Å². The molecular weight excluding hydrogens is 270 g/mol. The second-order valence-electron chi connectivity index (χ2n) is 5.67. The molecular formula is C15H21N3O3. The first kappa shape index (κ1) is 15.4. The molecule has 1 amide bonds. The average molecular weight is 291 g/mol. The number of amides is 1. The van der Waals surface area contributed by atoms with Crippen molar-refractivity contribution in [3.05, 3.63) is 33.9 Å². The van der Waals surface area contributed by atoms with Crippen molar-refractivity contribution in [2.45, 2.75) is 33.1 Å². The highest BCUT2D eigenvalue weighted by atomic mass is 16.6. The topological polar surface area (TPSA) is 84.3 Å². The molecule has 0 bridgehead atoms. The van der Waals surface area contributed by atoms with Crippen molar-refractivity contribution < 1.29 is 9.72 Å². The normalized spacial score (nSPS) is 21.2. The molecule has 0 saturated carbocycles. The fraction of sp³-hybridized carbons (Fsp3) is 0.533. The lowest BCUT2D eigenvalue weighted by molar-refractivity contribution is -0.384. The number of nitrogens with one attached hydrogen (secondary N) is 2. The van der Waals surface area contributed by atoms with E-state index >= 15 is 0 Å². The molecule has 2 N–H and O–H groups in total. The van der Waals surface area contributed by atoms with Crippen molar-refractivity contribution in [2.75, 3.05) is 18.4 Å². The van der Waals surface area contributed by atoms with Gasteiger partial charge in [0.1, 0.15) is 0 Å². The van der Waals surface area contributed by atoms with E-state index in [4.69, 9.17) is 0 Å². The zero-order valence-corrected chi connectivity index (χ0v) is 12.4. The third kappa shape index (κ3) is 3.21. The largest absolute Gasteiger partial charge is 0.325 e. The predicted octanol–water partition coefficient (Wildman–Crippen LogP) is 2.62. The number of aryl methyl sites for hydroxylation is 1. The minimum Gasteiger partial charge on any atom is -0.325 e. The lowest BCUT2D eigenvalue weighted by Gasteiger charge is -2.26. The summed E-state index contributed by atoms with van der Waals surface area (Å²) in [5.74, 6) is 0.00584. The van der Waals surface area contributed by atoms with E-state index in [1.165, 1.54) is 12.1 Å². The van der Waals surface area contributed by atoms with Crippen LogP contribution in [-0.2, 0) is 4.79 Å². The number of nitro groups is 1. The molecule has 0 spiro atoms. The molecule has 0 aliphatic carbocycles. The number of hydrogen-bond donors (Lipinski definition) is 2. The minimum absolute atomic E-state index is 0.00584. The molecule has 1 aliphatic heterocycles. The average Bonchev–Trinajstić information content (AvgIpc) is 2.91. The van der Waals surface area contributed by atoms with E-state index in [0.29, 0.717) is 17.8 Å². The number of nitro benzene ring substituents is 1. The van der Waals surface area contributed by atoms with Crippen LogP contribution < -0.4 is 10.6 Å². The molecule has 6 nitrogen and oxygen atoms in total. The van der Waals surface area contributed by atoms with Gasteiger partial charge in [-0.3, -0.25) is 14.9 Å². The Kier molecular flexibility index (Phi) is 4.57. The van der Waals surface area contributed by atoms with Crippen LogP contribution in [0.5, 0.6) is 0 Å². The van der Waals surface area contributed by atoms with Gasteiger partial charge in [-0.2, -0.15) is 0 Å². The third-order valence-electron chi connectivity index (χ3n) is 4.12. The maximum Gasteiger partial charge on any atom is 0.269 e. The van der Waals surface area contributed by atoms with E-state index < -0.39 is 4.92 Å². The molecule has 1 heterocycles. The fourth-order valence-electron chi connectivity index (χ4n) is 2.90. The summed E-state index contributed by atoms with van der Waals surface area (Å²) in [6, 6.07) is 4.50. The van der Waals surface area contributed by atoms with Crippen molar-refractivity contribution in [1.29, 1.82) is 0 Å². The number of carbonyl (C=O) groups is 1. The first-order valence-corrected chi connectivity index (χ1v) is 7.26. The first-order valence-electron chi connectivity index (χ1n) is 7.26. The van der Waals surface area contributed by atoms with Gasteiger partial charge >= 0.3 is 0 Å². The second kappa shape index (κ2) is 6.22. The molecule has 1 aromatic carbocycles. The second-order valence-corrected chi connectivity index (χ2v) is 5.67. The van der Waals surface area contributed by atoms with Crippen molar-refractivity contribution in [3.8, 4) is 0 Å². The Morgan fingerprint density at radius 1 is 1.52 bits per heavy atom. The van der Waals surface area contributed by atoms with Crippen LogP contribution in [0.1, 0.15) is 31.7 Å². The summed E-state index contributed by atoms with van der Waals surface area (Å²) in [6.45, 7) is 5.39. The van der Waals surface area contributed by atoms with Crippen molar-refractivity contribution >= 4 is 17.3 Å². The molecule has 0 aromatic heterocycles. The van der Waals surface area contributed by atoms with Gasteiger partial charge in [-0.05, 0) is 37.9 Å². The van der Waals surface area contributed by atoms with Crippen LogP contribution in [0.15, 0.2) is 18.2 Å². The lowest BCUT2D eigenvalue weighted by atomic mass is 9.81. The van der Waals surface area contributed by atoms with Crippen LogP contribution in [-0.4, -0.2) is 23.9 Å². The number of anilines is 1. The summed E-state index contributed by atoms with van der Waals surface area (Å²) < 4.78 is 0. The van der Waals surface area contributed by atoms with Crippen molar-refractivity contribution in [3.63, 3.8) is 0 Å². The highest BCUT2D eigenvalue weighted by Gasteiger charge is 2.40. The quantitative estimate of drug-likeness (QED) is 0.645. The number of rotatable bonds is 5. The Bertz CT molecular complexity index is 551. The van der Waals surface area contributed by atoms with Crippen LogP contribution in [0.4, 0.5) is 11.4 Å². The fourth-order valence-corrected chi connectivity index (χ4v) is 2.90. The first-order chi connectivity index (χ1) is 9.98. The van der Waals surface area contributed by atoms with Gasteiger partial charge in [0.15, 0.2) is 0 Å². The number of hydrogen-bond acceptors (Lipinski definition) is 4. The van der Waals surface area contributed by atoms with E-state index in [2.05, 4.69) is 17.6 Å². The summed E-state index contributed by atoms with van der Waals surface area (Å²) in [6.07, 6.45) is 2.63. The van der Waals surface area contributed by atoms with Crippen LogP contribution >= 0.6 is 0 Å². The third-order valence-corrected chi connectivity index (χ3v) is 4.12. The van der Waals surface area contributed by atoms with Crippen LogP contribution in [0.3, 0.4) is 0 Å². The van der Waals surface area contributed by atoms with Gasteiger partial charge in [0, 0.05) is 24.4 Å². The SMILES string of the molecule is CCCC1(C(=O)Nc2ccc([N+](=O)[O-])cc2C)CCNC1. The van der Waals surface area contributed by atoms with Gasteiger partial charge < -0.3 is 10.6 Å². The maximum absolute atomic E-state index is 12.6. The molecule has 1 saturated heterocycles. The lowest BCUT2D eigenvalue weighted by Crippen LogP contribution is -2.38. The Morgan fingerprint density at radius 2 is 2.29 bits per heavy atom. The molecule has 21 heavy (non-hydrogen) atoms. The molecule has 0 radical (unpaired) electrons. The Balaban J connectivity index is 2.17. The smallest absolute Gasteiger partial charge is 0.269 e. The van der Waals surface area contributed by atoms with Gasteiger partial charge in [-0.15, -0.1) is 0 Å². The summed E-state index contributed by atoms with van der Waals surface area (Å²) in [7, 11) is 0. The Hall–Kier alpha value is -1.95. The Labute approximate surface area is 124 Å². The molecule has 6 heteroatoms. The molecule has 114 valence electrons. The van der Waals surface area contributed by atoms with Crippen LogP contribution in [0, 0.1) is 22.5 Å². The highest BCUT2D eigenvalue weighted by Crippen LogP contribution is 2.33. The number of carbonyl (C=O) groups excluding carboxylic acids is 1. The summed E-state index contributed by atoms with van der Waals surface area (Å²) in [4.78, 5) is 22.9. The molecule has 1 unspecified atom stereocenters. The van der Waals surface area contributed by atoms with Gasteiger partial charge in [0.25, 0.3) is 5.69 Å². The van der Waals surface area contributed by atoms with Crippen LogP contribution in [0.25, 0.3) is 0 Å². The van der Waals surface area contributed by atoms with Gasteiger partial charge in [-0.25, -0.2) is 0 Å². The zero-order valence-electron chi connectivity index (χ0n) is 12.4. The van der Waals surface area contributed by atoms with Crippen molar-refractivity contribution in [2.24, 2.45) is 5.41 Å². The van der Waals surface area contributed by atoms with E-state index in [-0.39, 0.29) is 17.0 Å². The number of nitrogens with zero attached hydrogens (tertiary/aromatic N) is 1.